The van der Waals surface area contributed by atoms with Crippen molar-refractivity contribution in [2.24, 2.45) is 0 Å². The van der Waals surface area contributed by atoms with Crippen molar-refractivity contribution in [1.29, 1.82) is 0 Å². The normalized spacial score (nSPS) is 12.6. The van der Waals surface area contributed by atoms with Crippen LogP contribution in [0.5, 0.6) is 0 Å². The van der Waals surface area contributed by atoms with Gasteiger partial charge in [-0.3, -0.25) is 0 Å². The summed E-state index contributed by atoms with van der Waals surface area (Å²) in [6.45, 7) is 5.20. The third-order valence-electron chi connectivity index (χ3n) is 3.35. The van der Waals surface area contributed by atoms with Gasteiger partial charge >= 0.3 is 0 Å². The first-order valence-corrected chi connectivity index (χ1v) is 8.55. The number of benzene rings is 1. The maximum Gasteiger partial charge on any atom is 0.127 e. The predicted octanol–water partition coefficient (Wildman–Crippen LogP) is 5.24. The molecule has 108 valence electrons. The monoisotopic (exact) mass is 355 g/mol. The highest BCUT2D eigenvalue weighted by Crippen LogP contribution is 2.26. The van der Waals surface area contributed by atoms with Gasteiger partial charge in [-0.25, -0.2) is 4.39 Å². The molecule has 1 heterocycles. The third kappa shape index (κ3) is 3.90. The number of rotatable bonds is 6. The Balaban J connectivity index is 2.21. The lowest BCUT2D eigenvalue weighted by atomic mass is 9.98. The lowest BCUT2D eigenvalue weighted by Crippen LogP contribution is -2.24. The van der Waals surface area contributed by atoms with Gasteiger partial charge in [0.25, 0.3) is 0 Å². The van der Waals surface area contributed by atoms with E-state index in [0.29, 0.717) is 6.42 Å². The Labute approximate surface area is 132 Å². The minimum atomic E-state index is -0.143. The molecule has 1 nitrogen and oxygen atoms in total. The average Bonchev–Trinajstić information content (AvgIpc) is 2.83. The molecule has 1 N–H and O–H groups in total. The van der Waals surface area contributed by atoms with Crippen LogP contribution in [0.2, 0.25) is 0 Å². The molecule has 1 aromatic carbocycles. The number of thiophene rings is 1. The van der Waals surface area contributed by atoms with Gasteiger partial charge in [0.05, 0.1) is 0 Å². The lowest BCUT2D eigenvalue weighted by Gasteiger charge is -2.19. The van der Waals surface area contributed by atoms with E-state index in [1.54, 1.807) is 11.3 Å². The fraction of sp³-hybridized carbons (Fsp3) is 0.375. The van der Waals surface area contributed by atoms with Gasteiger partial charge in [-0.15, -0.1) is 0 Å². The zero-order valence-corrected chi connectivity index (χ0v) is 14.2. The van der Waals surface area contributed by atoms with Crippen LogP contribution in [0, 0.1) is 12.7 Å². The van der Waals surface area contributed by atoms with Crippen LogP contribution in [-0.4, -0.2) is 6.54 Å². The number of halogens is 2. The standard InChI is InChI=1S/C16H19BrFNS/c1-3-6-19-16(14-10-20-9-11(14)2)7-12-4-5-13(17)8-15(12)18/h4-5,8-10,16,19H,3,6-7H2,1-2H3. The molecule has 1 atom stereocenters. The largest absolute Gasteiger partial charge is 0.310 e. The third-order valence-corrected chi connectivity index (χ3v) is 4.72. The molecule has 0 saturated carbocycles. The van der Waals surface area contributed by atoms with Crippen molar-refractivity contribution < 1.29 is 4.39 Å². The number of aryl methyl sites for hydroxylation is 1. The van der Waals surface area contributed by atoms with Crippen LogP contribution in [0.25, 0.3) is 0 Å². The van der Waals surface area contributed by atoms with Gasteiger partial charge in [-0.05, 0) is 65.9 Å². The molecule has 4 heteroatoms. The molecule has 0 aliphatic carbocycles. The molecule has 0 bridgehead atoms. The summed E-state index contributed by atoms with van der Waals surface area (Å²) in [5, 5.41) is 7.84. The highest BCUT2D eigenvalue weighted by Gasteiger charge is 2.16. The minimum Gasteiger partial charge on any atom is -0.310 e. The van der Waals surface area contributed by atoms with Gasteiger partial charge in [0.2, 0.25) is 0 Å². The second-order valence-electron chi connectivity index (χ2n) is 4.96. The molecule has 0 spiro atoms. The molecule has 20 heavy (non-hydrogen) atoms. The zero-order chi connectivity index (χ0) is 14.5. The van der Waals surface area contributed by atoms with E-state index < -0.39 is 0 Å². The van der Waals surface area contributed by atoms with Crippen LogP contribution in [0.1, 0.15) is 36.1 Å². The van der Waals surface area contributed by atoms with Gasteiger partial charge in [-0.2, -0.15) is 11.3 Å². The van der Waals surface area contributed by atoms with Crippen LogP contribution in [0.3, 0.4) is 0 Å². The van der Waals surface area contributed by atoms with Gasteiger partial charge in [-0.1, -0.05) is 28.9 Å². The quantitative estimate of drug-likeness (QED) is 0.746. The zero-order valence-electron chi connectivity index (χ0n) is 11.7. The molecule has 2 aromatic rings. The van der Waals surface area contributed by atoms with Crippen molar-refractivity contribution in [2.45, 2.75) is 32.7 Å². The van der Waals surface area contributed by atoms with Crippen LogP contribution in [-0.2, 0) is 6.42 Å². The fourth-order valence-electron chi connectivity index (χ4n) is 2.25. The summed E-state index contributed by atoms with van der Waals surface area (Å²) in [6.07, 6.45) is 1.75. The Morgan fingerprint density at radius 2 is 2.15 bits per heavy atom. The van der Waals surface area contributed by atoms with E-state index in [1.165, 1.54) is 17.2 Å². The van der Waals surface area contributed by atoms with E-state index in [1.807, 2.05) is 12.1 Å². The summed E-state index contributed by atoms with van der Waals surface area (Å²) in [4.78, 5) is 0. The SMILES string of the molecule is CCCNC(Cc1ccc(Br)cc1F)c1cscc1C. The van der Waals surface area contributed by atoms with E-state index >= 15 is 0 Å². The van der Waals surface area contributed by atoms with Gasteiger partial charge in [0.1, 0.15) is 5.82 Å². The van der Waals surface area contributed by atoms with Crippen LogP contribution in [0.4, 0.5) is 4.39 Å². The Kier molecular flexibility index (Phi) is 5.75. The summed E-state index contributed by atoms with van der Waals surface area (Å²) in [7, 11) is 0. The van der Waals surface area contributed by atoms with Crippen molar-refractivity contribution >= 4 is 27.3 Å². The molecule has 0 aliphatic rings. The molecule has 0 aliphatic heterocycles. The van der Waals surface area contributed by atoms with Crippen LogP contribution >= 0.6 is 27.3 Å². The van der Waals surface area contributed by atoms with Gasteiger partial charge in [0, 0.05) is 10.5 Å². The predicted molar refractivity (Wildman–Crippen MR) is 87.9 cm³/mol. The molecule has 0 amide bonds. The van der Waals surface area contributed by atoms with Crippen molar-refractivity contribution in [3.63, 3.8) is 0 Å². The molecule has 0 radical (unpaired) electrons. The topological polar surface area (TPSA) is 12.0 Å². The molecule has 0 saturated heterocycles. The molecule has 2 rings (SSSR count). The van der Waals surface area contributed by atoms with Crippen molar-refractivity contribution in [2.75, 3.05) is 6.54 Å². The number of nitrogens with one attached hydrogen (secondary N) is 1. The smallest absolute Gasteiger partial charge is 0.127 e. The van der Waals surface area contributed by atoms with Crippen molar-refractivity contribution in [1.82, 2.24) is 5.32 Å². The van der Waals surface area contributed by atoms with E-state index in [-0.39, 0.29) is 11.9 Å². The average molecular weight is 356 g/mol. The Morgan fingerprint density at radius 3 is 2.75 bits per heavy atom. The molecular weight excluding hydrogens is 337 g/mol. The summed E-state index contributed by atoms with van der Waals surface area (Å²) >= 11 is 5.00. The molecule has 0 fully saturated rings. The Hall–Kier alpha value is -0.710. The summed E-state index contributed by atoms with van der Waals surface area (Å²) in [5.74, 6) is -0.143. The Morgan fingerprint density at radius 1 is 1.35 bits per heavy atom. The second kappa shape index (κ2) is 7.34. The highest BCUT2D eigenvalue weighted by molar-refractivity contribution is 9.10. The molecule has 1 aromatic heterocycles. The first kappa shape index (κ1) is 15.7. The van der Waals surface area contributed by atoms with Crippen LogP contribution in [0.15, 0.2) is 33.4 Å². The van der Waals surface area contributed by atoms with E-state index in [0.717, 1.165) is 23.0 Å². The Bertz CT molecular complexity index is 567. The van der Waals surface area contributed by atoms with E-state index in [4.69, 9.17) is 0 Å². The minimum absolute atomic E-state index is 0.143. The highest BCUT2D eigenvalue weighted by atomic mass is 79.9. The van der Waals surface area contributed by atoms with Gasteiger partial charge < -0.3 is 5.32 Å². The van der Waals surface area contributed by atoms with Crippen molar-refractivity contribution in [3.8, 4) is 0 Å². The van der Waals surface area contributed by atoms with E-state index in [9.17, 15) is 4.39 Å². The first-order chi connectivity index (χ1) is 9.61. The first-order valence-electron chi connectivity index (χ1n) is 6.81. The van der Waals surface area contributed by atoms with E-state index in [2.05, 4.69) is 45.9 Å². The summed E-state index contributed by atoms with van der Waals surface area (Å²) in [5.41, 5.74) is 3.32. The number of hydrogen-bond acceptors (Lipinski definition) is 2. The van der Waals surface area contributed by atoms with Crippen molar-refractivity contribution in [3.05, 3.63) is 55.9 Å². The maximum atomic E-state index is 14.0. The van der Waals surface area contributed by atoms with Crippen LogP contribution < -0.4 is 5.32 Å². The lowest BCUT2D eigenvalue weighted by molar-refractivity contribution is 0.512. The maximum absolute atomic E-state index is 14.0. The molecular formula is C16H19BrFNS. The second-order valence-corrected chi connectivity index (χ2v) is 6.62. The summed E-state index contributed by atoms with van der Waals surface area (Å²) in [6, 6.07) is 5.47. The summed E-state index contributed by atoms with van der Waals surface area (Å²) < 4.78 is 14.8. The fourth-order valence-corrected chi connectivity index (χ4v) is 3.48. The van der Waals surface area contributed by atoms with Gasteiger partial charge in [0.15, 0.2) is 0 Å². The number of hydrogen-bond donors (Lipinski definition) is 1. The molecule has 1 unspecified atom stereocenters.